The molecule has 2 rings (SSSR count). The smallest absolute Gasteiger partial charge is 0.395 e. The quantitative estimate of drug-likeness (QED) is 0.915. The molecule has 1 heterocycles. The lowest BCUT2D eigenvalue weighted by atomic mass is 9.79. The van der Waals surface area contributed by atoms with Crippen molar-refractivity contribution in [3.05, 3.63) is 35.9 Å². The Morgan fingerprint density at radius 1 is 1.32 bits per heavy atom. The summed E-state index contributed by atoms with van der Waals surface area (Å²) in [6.07, 6.45) is -4.37. The minimum Gasteiger partial charge on any atom is -0.395 e. The van der Waals surface area contributed by atoms with Crippen LogP contribution in [0.2, 0.25) is 0 Å². The number of benzene rings is 1. The minimum atomic E-state index is -4.37. The largest absolute Gasteiger partial charge is 0.398 e. The zero-order valence-electron chi connectivity index (χ0n) is 10.8. The number of aliphatic hydroxyl groups excluding tert-OH is 1. The standard InChI is InChI=1S/C14H18F3NO/c1-11-7-18(8-12-5-3-2-4-6-12)9-13(11,10-19)14(15,16)17/h2-6,11,19H,7-10H2,1H3/t11-,13-/m1/s1. The van der Waals surface area contributed by atoms with Gasteiger partial charge < -0.3 is 5.11 Å². The Morgan fingerprint density at radius 2 is 1.95 bits per heavy atom. The molecule has 0 radical (unpaired) electrons. The molecule has 0 saturated carbocycles. The van der Waals surface area contributed by atoms with Gasteiger partial charge in [0.1, 0.15) is 5.41 Å². The molecule has 0 spiro atoms. The van der Waals surface area contributed by atoms with Gasteiger partial charge in [-0.1, -0.05) is 37.3 Å². The molecule has 2 nitrogen and oxygen atoms in total. The van der Waals surface area contributed by atoms with Crippen molar-refractivity contribution in [2.24, 2.45) is 11.3 Å². The van der Waals surface area contributed by atoms with E-state index in [0.29, 0.717) is 13.1 Å². The van der Waals surface area contributed by atoms with Crippen LogP contribution in [0.4, 0.5) is 13.2 Å². The molecule has 0 aromatic heterocycles. The molecular weight excluding hydrogens is 255 g/mol. The van der Waals surface area contributed by atoms with Gasteiger partial charge in [-0.15, -0.1) is 0 Å². The van der Waals surface area contributed by atoms with Gasteiger partial charge in [0.25, 0.3) is 0 Å². The molecule has 1 aliphatic rings. The average molecular weight is 273 g/mol. The highest BCUT2D eigenvalue weighted by Gasteiger charge is 2.61. The Bertz CT molecular complexity index is 420. The van der Waals surface area contributed by atoms with E-state index in [1.807, 2.05) is 30.3 Å². The molecule has 5 heteroatoms. The Morgan fingerprint density at radius 3 is 2.42 bits per heavy atom. The average Bonchev–Trinajstić information content (AvgIpc) is 2.67. The van der Waals surface area contributed by atoms with Crippen molar-refractivity contribution in [2.75, 3.05) is 19.7 Å². The van der Waals surface area contributed by atoms with Gasteiger partial charge >= 0.3 is 6.18 Å². The first-order valence-electron chi connectivity index (χ1n) is 6.33. The fraction of sp³-hybridized carbons (Fsp3) is 0.571. The highest BCUT2D eigenvalue weighted by Crippen LogP contribution is 2.48. The third kappa shape index (κ3) is 2.62. The Labute approximate surface area is 110 Å². The van der Waals surface area contributed by atoms with Crippen molar-refractivity contribution >= 4 is 0 Å². The van der Waals surface area contributed by atoms with Crippen LogP contribution < -0.4 is 0 Å². The molecule has 0 unspecified atom stereocenters. The summed E-state index contributed by atoms with van der Waals surface area (Å²) in [6, 6.07) is 9.42. The maximum Gasteiger partial charge on any atom is 0.398 e. The molecule has 106 valence electrons. The summed E-state index contributed by atoms with van der Waals surface area (Å²) in [7, 11) is 0. The van der Waals surface area contributed by atoms with Crippen molar-refractivity contribution < 1.29 is 18.3 Å². The van der Waals surface area contributed by atoms with E-state index in [1.54, 1.807) is 11.8 Å². The van der Waals surface area contributed by atoms with E-state index in [-0.39, 0.29) is 6.54 Å². The van der Waals surface area contributed by atoms with Crippen LogP contribution >= 0.6 is 0 Å². The molecule has 1 saturated heterocycles. The first-order chi connectivity index (χ1) is 8.89. The lowest BCUT2D eigenvalue weighted by Gasteiger charge is -2.33. The van der Waals surface area contributed by atoms with Crippen LogP contribution in [0.25, 0.3) is 0 Å². The first-order valence-corrected chi connectivity index (χ1v) is 6.33. The van der Waals surface area contributed by atoms with E-state index in [2.05, 4.69) is 0 Å². The number of alkyl halides is 3. The van der Waals surface area contributed by atoms with Crippen LogP contribution in [-0.4, -0.2) is 35.9 Å². The van der Waals surface area contributed by atoms with E-state index >= 15 is 0 Å². The summed E-state index contributed by atoms with van der Waals surface area (Å²) >= 11 is 0. The van der Waals surface area contributed by atoms with Gasteiger partial charge in [-0.25, -0.2) is 0 Å². The molecule has 1 aromatic rings. The van der Waals surface area contributed by atoms with Gasteiger partial charge in [0.05, 0.1) is 6.61 Å². The second kappa shape index (κ2) is 5.13. The van der Waals surface area contributed by atoms with Crippen LogP contribution in [0.15, 0.2) is 30.3 Å². The Hall–Kier alpha value is -1.07. The summed E-state index contributed by atoms with van der Waals surface area (Å²) in [6.45, 7) is 1.43. The number of hydrogen-bond donors (Lipinski definition) is 1. The molecule has 0 amide bonds. The maximum atomic E-state index is 13.2. The van der Waals surface area contributed by atoms with Gasteiger partial charge in [-0.3, -0.25) is 4.90 Å². The summed E-state index contributed by atoms with van der Waals surface area (Å²) < 4.78 is 39.6. The van der Waals surface area contributed by atoms with Gasteiger partial charge in [0.2, 0.25) is 0 Å². The molecule has 0 bridgehead atoms. The van der Waals surface area contributed by atoms with Gasteiger partial charge in [-0.2, -0.15) is 13.2 Å². The molecular formula is C14H18F3NO. The SMILES string of the molecule is C[C@@H]1CN(Cc2ccccc2)C[C@]1(CO)C(F)(F)F. The van der Waals surface area contributed by atoms with Crippen molar-refractivity contribution in [1.29, 1.82) is 0 Å². The third-order valence-electron chi connectivity index (χ3n) is 4.08. The van der Waals surface area contributed by atoms with E-state index < -0.39 is 24.1 Å². The zero-order chi connectivity index (χ0) is 14.1. The van der Waals surface area contributed by atoms with E-state index in [0.717, 1.165) is 5.56 Å². The van der Waals surface area contributed by atoms with Crippen LogP contribution in [0.3, 0.4) is 0 Å². The lowest BCUT2D eigenvalue weighted by Crippen LogP contribution is -2.47. The second-order valence-electron chi connectivity index (χ2n) is 5.37. The second-order valence-corrected chi connectivity index (χ2v) is 5.37. The predicted molar refractivity (Wildman–Crippen MR) is 66.5 cm³/mol. The topological polar surface area (TPSA) is 23.5 Å². The number of hydrogen-bond acceptors (Lipinski definition) is 2. The molecule has 1 N–H and O–H groups in total. The Balaban J connectivity index is 2.13. The van der Waals surface area contributed by atoms with Crippen molar-refractivity contribution in [1.82, 2.24) is 4.90 Å². The van der Waals surface area contributed by atoms with Gasteiger partial charge in [0.15, 0.2) is 0 Å². The van der Waals surface area contributed by atoms with Crippen LogP contribution in [0.1, 0.15) is 12.5 Å². The van der Waals surface area contributed by atoms with E-state index in [1.165, 1.54) is 0 Å². The number of aliphatic hydroxyl groups is 1. The number of likely N-dealkylation sites (tertiary alicyclic amines) is 1. The fourth-order valence-electron chi connectivity index (χ4n) is 2.81. The van der Waals surface area contributed by atoms with Gasteiger partial charge in [-0.05, 0) is 11.5 Å². The Kier molecular flexibility index (Phi) is 3.87. The monoisotopic (exact) mass is 273 g/mol. The minimum absolute atomic E-state index is 0.136. The molecule has 1 fully saturated rings. The van der Waals surface area contributed by atoms with Gasteiger partial charge in [0, 0.05) is 19.6 Å². The van der Waals surface area contributed by atoms with Crippen molar-refractivity contribution in [3.8, 4) is 0 Å². The first kappa shape index (κ1) is 14.3. The highest BCUT2D eigenvalue weighted by atomic mass is 19.4. The van der Waals surface area contributed by atoms with Crippen LogP contribution in [0, 0.1) is 11.3 Å². The van der Waals surface area contributed by atoms with Crippen molar-refractivity contribution in [3.63, 3.8) is 0 Å². The maximum absolute atomic E-state index is 13.2. The predicted octanol–water partition coefficient (Wildman–Crippen LogP) is 2.68. The molecule has 19 heavy (non-hydrogen) atoms. The van der Waals surface area contributed by atoms with Crippen LogP contribution in [-0.2, 0) is 6.54 Å². The summed E-state index contributed by atoms with van der Waals surface area (Å²) in [5.74, 6) is -0.596. The van der Waals surface area contributed by atoms with Crippen molar-refractivity contribution in [2.45, 2.75) is 19.6 Å². The zero-order valence-corrected chi connectivity index (χ0v) is 10.8. The number of nitrogens with zero attached hydrogens (tertiary/aromatic N) is 1. The van der Waals surface area contributed by atoms with Crippen LogP contribution in [0.5, 0.6) is 0 Å². The summed E-state index contributed by atoms with van der Waals surface area (Å²) in [5, 5.41) is 9.26. The molecule has 1 aromatic carbocycles. The molecule has 0 aliphatic carbocycles. The normalized spacial score (nSPS) is 28.8. The summed E-state index contributed by atoms with van der Waals surface area (Å²) in [4.78, 5) is 1.77. The number of halogens is 3. The summed E-state index contributed by atoms with van der Waals surface area (Å²) in [5.41, 5.74) is -0.993. The lowest BCUT2D eigenvalue weighted by molar-refractivity contribution is -0.242. The van der Waals surface area contributed by atoms with E-state index in [9.17, 15) is 18.3 Å². The molecule has 2 atom stereocenters. The fourth-order valence-corrected chi connectivity index (χ4v) is 2.81. The van der Waals surface area contributed by atoms with E-state index in [4.69, 9.17) is 0 Å². The highest BCUT2D eigenvalue weighted by molar-refractivity contribution is 5.15. The number of rotatable bonds is 3. The molecule has 1 aliphatic heterocycles. The third-order valence-corrected chi connectivity index (χ3v) is 4.08.